The molecule has 0 bridgehead atoms. The zero-order valence-corrected chi connectivity index (χ0v) is 29.3. The number of esters is 1. The quantitative estimate of drug-likeness (QED) is 0.114. The molecule has 0 amide bonds. The van der Waals surface area contributed by atoms with E-state index in [2.05, 4.69) is 94.6 Å². The van der Waals surface area contributed by atoms with Crippen molar-refractivity contribution in [1.29, 1.82) is 0 Å². The van der Waals surface area contributed by atoms with Crippen LogP contribution in [0.2, 0.25) is 0 Å². The second kappa shape index (κ2) is 15.5. The van der Waals surface area contributed by atoms with Gasteiger partial charge in [-0.2, -0.15) is 10.2 Å². The predicted molar refractivity (Wildman–Crippen MR) is 197 cm³/mol. The molecule has 0 aliphatic heterocycles. The van der Waals surface area contributed by atoms with Gasteiger partial charge in [-0.1, -0.05) is 45.9 Å². The highest BCUT2D eigenvalue weighted by Gasteiger charge is 2.12. The number of aromatic nitrogens is 8. The number of para-hydroxylation sites is 1. The Balaban J connectivity index is 0.000000182. The topological polar surface area (TPSA) is 153 Å². The van der Waals surface area contributed by atoms with E-state index in [1.165, 1.54) is 6.20 Å². The number of rotatable bonds is 8. The minimum Gasteiger partial charge on any atom is -0.423 e. The fourth-order valence-electron chi connectivity index (χ4n) is 4.67. The van der Waals surface area contributed by atoms with Crippen LogP contribution in [0.25, 0.3) is 22.1 Å². The molecule has 250 valence electrons. The van der Waals surface area contributed by atoms with E-state index in [0.717, 1.165) is 32.5 Å². The number of carbonyl (C=O) groups excluding carboxylic acids is 1. The van der Waals surface area contributed by atoms with Gasteiger partial charge >= 0.3 is 5.97 Å². The molecular formula is C37H33BrN10O2. The highest BCUT2D eigenvalue weighted by atomic mass is 79.9. The Morgan fingerprint density at radius 2 is 1.16 bits per heavy atom. The molecule has 50 heavy (non-hydrogen) atoms. The Morgan fingerprint density at radius 1 is 0.620 bits per heavy atom. The van der Waals surface area contributed by atoms with Crippen LogP contribution in [0.3, 0.4) is 0 Å². The van der Waals surface area contributed by atoms with Gasteiger partial charge < -0.3 is 15.4 Å². The zero-order valence-electron chi connectivity index (χ0n) is 27.7. The first-order valence-electron chi connectivity index (χ1n) is 15.9. The standard InChI is InChI=1S/C22H19N5O2.C15H14BrN5/c1-14(2)15-11-21(27-24-13-15)26-20-9-8-18-19(25-20)10-16(12-23-18)22(28)29-17-6-4-3-5-7-17;1-9(2)10-5-15(21-18-7-10)20-14-4-3-12-13(19-14)6-11(16)8-17-12/h3-14H,1-2H3,(H,25,26,27);3-9H,1-2H3,(H,19,20,21). The summed E-state index contributed by atoms with van der Waals surface area (Å²) in [6.45, 7) is 8.43. The number of hydrogen-bond acceptors (Lipinski definition) is 12. The van der Waals surface area contributed by atoms with Gasteiger partial charge in [0, 0.05) is 16.9 Å². The van der Waals surface area contributed by atoms with E-state index in [-0.39, 0.29) is 0 Å². The molecule has 0 atom stereocenters. The highest BCUT2D eigenvalue weighted by molar-refractivity contribution is 9.10. The lowest BCUT2D eigenvalue weighted by Gasteiger charge is -2.09. The summed E-state index contributed by atoms with van der Waals surface area (Å²) in [4.78, 5) is 30.1. The van der Waals surface area contributed by atoms with Crippen molar-refractivity contribution in [2.75, 3.05) is 10.6 Å². The minimum absolute atomic E-state index is 0.326. The Labute approximate surface area is 297 Å². The number of pyridine rings is 4. The molecule has 0 aliphatic rings. The average Bonchev–Trinajstić information content (AvgIpc) is 3.12. The van der Waals surface area contributed by atoms with Crippen LogP contribution >= 0.6 is 15.9 Å². The van der Waals surface area contributed by atoms with Crippen molar-refractivity contribution < 1.29 is 9.53 Å². The Morgan fingerprint density at radius 3 is 1.72 bits per heavy atom. The number of nitrogens with one attached hydrogen (secondary N) is 2. The van der Waals surface area contributed by atoms with Crippen LogP contribution in [0.1, 0.15) is 61.0 Å². The summed E-state index contributed by atoms with van der Waals surface area (Å²) < 4.78 is 6.27. The normalized spacial score (nSPS) is 10.9. The maximum atomic E-state index is 12.4. The first-order chi connectivity index (χ1) is 24.2. The van der Waals surface area contributed by atoms with E-state index in [1.807, 2.05) is 42.5 Å². The second-order valence-electron chi connectivity index (χ2n) is 11.9. The van der Waals surface area contributed by atoms with Crippen molar-refractivity contribution in [3.8, 4) is 5.75 Å². The van der Waals surface area contributed by atoms with E-state index in [9.17, 15) is 4.79 Å². The van der Waals surface area contributed by atoms with Gasteiger partial charge in [-0.25, -0.2) is 14.8 Å². The number of anilines is 4. The van der Waals surface area contributed by atoms with Gasteiger partial charge in [-0.05, 0) is 99.6 Å². The van der Waals surface area contributed by atoms with Crippen LogP contribution in [0.4, 0.5) is 23.3 Å². The summed E-state index contributed by atoms with van der Waals surface area (Å²) in [7, 11) is 0. The lowest BCUT2D eigenvalue weighted by molar-refractivity contribution is 0.0734. The molecule has 0 spiro atoms. The lowest BCUT2D eigenvalue weighted by Crippen LogP contribution is -2.09. The molecule has 0 radical (unpaired) electrons. The van der Waals surface area contributed by atoms with Gasteiger partial charge in [0.25, 0.3) is 0 Å². The maximum Gasteiger partial charge on any atom is 0.345 e. The summed E-state index contributed by atoms with van der Waals surface area (Å²) in [5.41, 5.74) is 5.47. The smallest absolute Gasteiger partial charge is 0.345 e. The van der Waals surface area contributed by atoms with Gasteiger partial charge in [-0.3, -0.25) is 9.97 Å². The molecule has 0 aliphatic carbocycles. The molecule has 13 heteroatoms. The molecule has 0 saturated carbocycles. The number of carbonyl (C=O) groups is 1. The van der Waals surface area contributed by atoms with Crippen LogP contribution in [-0.4, -0.2) is 46.3 Å². The molecule has 6 aromatic heterocycles. The third-order valence-corrected chi connectivity index (χ3v) is 7.86. The van der Waals surface area contributed by atoms with Gasteiger partial charge in [-0.15, -0.1) is 10.2 Å². The Kier molecular flexibility index (Phi) is 10.5. The fraction of sp³-hybridized carbons (Fsp3) is 0.162. The van der Waals surface area contributed by atoms with E-state index in [4.69, 9.17) is 4.74 Å². The second-order valence-corrected chi connectivity index (χ2v) is 12.8. The van der Waals surface area contributed by atoms with Crippen molar-refractivity contribution in [2.45, 2.75) is 39.5 Å². The van der Waals surface area contributed by atoms with Crippen LogP contribution in [0.5, 0.6) is 5.75 Å². The van der Waals surface area contributed by atoms with Gasteiger partial charge in [0.15, 0.2) is 11.6 Å². The van der Waals surface area contributed by atoms with Crippen molar-refractivity contribution in [1.82, 2.24) is 40.3 Å². The van der Waals surface area contributed by atoms with Crippen molar-refractivity contribution >= 4 is 67.2 Å². The molecule has 0 unspecified atom stereocenters. The summed E-state index contributed by atoms with van der Waals surface area (Å²) >= 11 is 3.40. The summed E-state index contributed by atoms with van der Waals surface area (Å²) in [6, 6.07) is 23.9. The number of benzene rings is 1. The van der Waals surface area contributed by atoms with E-state index in [1.54, 1.807) is 55.0 Å². The SMILES string of the molecule is CC(C)c1cnnc(Nc2ccc3ncc(Br)cc3n2)c1.CC(C)c1cnnc(Nc2ccc3ncc(C(=O)Oc4ccccc4)cc3n2)c1. The molecular weight excluding hydrogens is 696 g/mol. The van der Waals surface area contributed by atoms with Crippen LogP contribution in [-0.2, 0) is 0 Å². The van der Waals surface area contributed by atoms with E-state index >= 15 is 0 Å². The number of fused-ring (bicyclic) bond motifs is 2. The lowest BCUT2D eigenvalue weighted by atomic mass is 10.1. The zero-order chi connectivity index (χ0) is 35.0. The average molecular weight is 730 g/mol. The fourth-order valence-corrected chi connectivity index (χ4v) is 4.99. The van der Waals surface area contributed by atoms with E-state index in [0.29, 0.717) is 51.6 Å². The van der Waals surface area contributed by atoms with E-state index < -0.39 is 5.97 Å². The minimum atomic E-state index is -0.485. The monoisotopic (exact) mass is 728 g/mol. The Hall–Kier alpha value is -5.95. The maximum absolute atomic E-state index is 12.4. The third kappa shape index (κ3) is 8.74. The van der Waals surface area contributed by atoms with Gasteiger partial charge in [0.1, 0.15) is 17.4 Å². The molecule has 12 nitrogen and oxygen atoms in total. The molecule has 6 heterocycles. The summed E-state index contributed by atoms with van der Waals surface area (Å²) in [5, 5.41) is 22.6. The molecule has 1 aromatic carbocycles. The molecule has 0 fully saturated rings. The highest BCUT2D eigenvalue weighted by Crippen LogP contribution is 2.23. The predicted octanol–water partition coefficient (Wildman–Crippen LogP) is 8.56. The van der Waals surface area contributed by atoms with Crippen molar-refractivity contribution in [3.63, 3.8) is 0 Å². The van der Waals surface area contributed by atoms with Crippen LogP contribution < -0.4 is 15.4 Å². The third-order valence-electron chi connectivity index (χ3n) is 7.43. The molecule has 0 saturated heterocycles. The summed E-state index contributed by atoms with van der Waals surface area (Å²) in [5.74, 6) is 3.35. The van der Waals surface area contributed by atoms with Crippen molar-refractivity contribution in [3.05, 3.63) is 125 Å². The van der Waals surface area contributed by atoms with Crippen LogP contribution in [0, 0.1) is 0 Å². The van der Waals surface area contributed by atoms with Crippen molar-refractivity contribution in [2.24, 2.45) is 0 Å². The number of hydrogen-bond donors (Lipinski definition) is 2. The number of nitrogens with zero attached hydrogens (tertiary/aromatic N) is 8. The largest absolute Gasteiger partial charge is 0.423 e. The first-order valence-corrected chi connectivity index (χ1v) is 16.6. The Bertz CT molecular complexity index is 2270. The molecule has 2 N–H and O–H groups in total. The molecule has 7 rings (SSSR count). The van der Waals surface area contributed by atoms with Gasteiger partial charge in [0.2, 0.25) is 0 Å². The number of halogens is 1. The first kappa shape index (κ1) is 33.9. The van der Waals surface area contributed by atoms with Crippen LogP contribution in [0.15, 0.2) is 108 Å². The summed E-state index contributed by atoms with van der Waals surface area (Å²) in [6.07, 6.45) is 6.78. The van der Waals surface area contributed by atoms with Gasteiger partial charge in [0.05, 0.1) is 40.0 Å². The number of ether oxygens (including phenoxy) is 1. The molecule has 7 aromatic rings.